The minimum Gasteiger partial charge on any atom is -0.391 e. The second-order valence-corrected chi connectivity index (χ2v) is 4.71. The standard InChI is InChI=1S/C15H27N3O/c1-3-18(4-2)15-7-5-14(6-8-15)13-17-10-9-16-11-12-19/h5-8,16-17,19H,3-4,9-13H2,1-2H3/p+2. The van der Waals surface area contributed by atoms with Crippen molar-refractivity contribution in [3.63, 3.8) is 0 Å². The lowest BCUT2D eigenvalue weighted by molar-refractivity contribution is -0.731. The Hall–Kier alpha value is -1.10. The number of nitrogens with two attached hydrogens (primary N) is 2. The second-order valence-electron chi connectivity index (χ2n) is 4.71. The van der Waals surface area contributed by atoms with E-state index >= 15 is 0 Å². The molecule has 1 aromatic carbocycles. The van der Waals surface area contributed by atoms with E-state index in [2.05, 4.69) is 53.6 Å². The van der Waals surface area contributed by atoms with E-state index in [1.54, 1.807) is 0 Å². The number of rotatable bonds is 10. The fourth-order valence-electron chi connectivity index (χ4n) is 2.17. The van der Waals surface area contributed by atoms with Crippen molar-refractivity contribution in [1.82, 2.24) is 0 Å². The fourth-order valence-corrected chi connectivity index (χ4v) is 2.17. The molecular weight excluding hydrogens is 238 g/mol. The molecule has 0 unspecified atom stereocenters. The summed E-state index contributed by atoms with van der Waals surface area (Å²) in [4.78, 5) is 2.36. The summed E-state index contributed by atoms with van der Waals surface area (Å²) >= 11 is 0. The van der Waals surface area contributed by atoms with Crippen LogP contribution in [0.2, 0.25) is 0 Å². The monoisotopic (exact) mass is 267 g/mol. The van der Waals surface area contributed by atoms with Crippen molar-refractivity contribution in [3.05, 3.63) is 29.8 Å². The Morgan fingerprint density at radius 2 is 1.58 bits per heavy atom. The molecule has 0 saturated heterocycles. The molecule has 0 aliphatic rings. The van der Waals surface area contributed by atoms with Crippen molar-refractivity contribution in [2.75, 3.05) is 44.2 Å². The first-order chi connectivity index (χ1) is 9.31. The van der Waals surface area contributed by atoms with Crippen molar-refractivity contribution in [1.29, 1.82) is 0 Å². The van der Waals surface area contributed by atoms with Gasteiger partial charge in [0, 0.05) is 24.3 Å². The van der Waals surface area contributed by atoms with Crippen LogP contribution >= 0.6 is 0 Å². The van der Waals surface area contributed by atoms with Crippen molar-refractivity contribution in [2.45, 2.75) is 20.4 Å². The van der Waals surface area contributed by atoms with Crippen LogP contribution in [0, 0.1) is 0 Å². The molecule has 0 aliphatic heterocycles. The van der Waals surface area contributed by atoms with Gasteiger partial charge in [0.25, 0.3) is 0 Å². The highest BCUT2D eigenvalue weighted by Crippen LogP contribution is 2.14. The zero-order chi connectivity index (χ0) is 13.9. The van der Waals surface area contributed by atoms with Crippen LogP contribution in [0.25, 0.3) is 0 Å². The number of hydrogen-bond donors (Lipinski definition) is 3. The van der Waals surface area contributed by atoms with E-state index < -0.39 is 0 Å². The van der Waals surface area contributed by atoms with E-state index in [1.807, 2.05) is 0 Å². The number of quaternary nitrogens is 2. The van der Waals surface area contributed by atoms with Crippen LogP contribution in [-0.2, 0) is 6.54 Å². The zero-order valence-corrected chi connectivity index (χ0v) is 12.3. The normalized spacial score (nSPS) is 10.7. The molecule has 19 heavy (non-hydrogen) atoms. The Balaban J connectivity index is 2.28. The number of aliphatic hydroxyl groups is 1. The summed E-state index contributed by atoms with van der Waals surface area (Å²) in [5.74, 6) is 0. The maximum absolute atomic E-state index is 8.67. The van der Waals surface area contributed by atoms with Crippen molar-refractivity contribution in [3.8, 4) is 0 Å². The first-order valence-electron chi connectivity index (χ1n) is 7.39. The molecule has 0 saturated carbocycles. The van der Waals surface area contributed by atoms with Crippen LogP contribution in [-0.4, -0.2) is 44.4 Å². The van der Waals surface area contributed by atoms with Gasteiger partial charge < -0.3 is 20.6 Å². The number of aliphatic hydroxyl groups excluding tert-OH is 1. The third-order valence-electron chi connectivity index (χ3n) is 3.35. The van der Waals surface area contributed by atoms with Gasteiger partial charge in [0.2, 0.25) is 0 Å². The Bertz CT molecular complexity index is 323. The van der Waals surface area contributed by atoms with Crippen molar-refractivity contribution >= 4 is 5.69 Å². The average molecular weight is 267 g/mol. The molecule has 108 valence electrons. The summed E-state index contributed by atoms with van der Waals surface area (Å²) < 4.78 is 0. The van der Waals surface area contributed by atoms with Gasteiger partial charge >= 0.3 is 0 Å². The highest BCUT2D eigenvalue weighted by Gasteiger charge is 2.02. The SMILES string of the molecule is CCN(CC)c1ccc(C[NH2+]CC[NH2+]CCO)cc1. The van der Waals surface area contributed by atoms with Crippen LogP contribution in [0.15, 0.2) is 24.3 Å². The molecule has 0 amide bonds. The molecule has 4 nitrogen and oxygen atoms in total. The van der Waals surface area contributed by atoms with Gasteiger partial charge in [0.1, 0.15) is 19.6 Å². The molecule has 0 spiro atoms. The summed E-state index contributed by atoms with van der Waals surface area (Å²) in [6, 6.07) is 8.88. The van der Waals surface area contributed by atoms with Gasteiger partial charge in [-0.1, -0.05) is 12.1 Å². The predicted molar refractivity (Wildman–Crippen MR) is 79.2 cm³/mol. The predicted octanol–water partition coefficient (Wildman–Crippen LogP) is -0.848. The third-order valence-corrected chi connectivity index (χ3v) is 3.35. The first-order valence-corrected chi connectivity index (χ1v) is 7.39. The van der Waals surface area contributed by atoms with Gasteiger partial charge in [-0.2, -0.15) is 0 Å². The number of benzene rings is 1. The van der Waals surface area contributed by atoms with Gasteiger partial charge in [-0.3, -0.25) is 0 Å². The van der Waals surface area contributed by atoms with E-state index in [-0.39, 0.29) is 6.61 Å². The summed E-state index contributed by atoms with van der Waals surface area (Å²) in [6.45, 7) is 10.8. The van der Waals surface area contributed by atoms with Gasteiger partial charge in [0.05, 0.1) is 13.2 Å². The largest absolute Gasteiger partial charge is 0.391 e. The molecule has 0 aromatic heterocycles. The van der Waals surface area contributed by atoms with Gasteiger partial charge in [0.15, 0.2) is 0 Å². The van der Waals surface area contributed by atoms with Crippen LogP contribution in [0.5, 0.6) is 0 Å². The molecule has 0 heterocycles. The van der Waals surface area contributed by atoms with Crippen LogP contribution < -0.4 is 15.5 Å². The molecule has 0 fully saturated rings. The average Bonchev–Trinajstić information content (AvgIpc) is 2.45. The van der Waals surface area contributed by atoms with Gasteiger partial charge in [-0.05, 0) is 26.0 Å². The molecule has 0 bridgehead atoms. The number of anilines is 1. The minimum atomic E-state index is 0.271. The van der Waals surface area contributed by atoms with Crippen molar-refractivity contribution in [2.24, 2.45) is 0 Å². The molecule has 1 aromatic rings. The topological polar surface area (TPSA) is 56.7 Å². The number of hydrogen-bond acceptors (Lipinski definition) is 2. The second kappa shape index (κ2) is 9.78. The number of nitrogens with zero attached hydrogens (tertiary/aromatic N) is 1. The summed E-state index contributed by atoms with van der Waals surface area (Å²) in [5.41, 5.74) is 2.68. The minimum absolute atomic E-state index is 0.271. The van der Waals surface area contributed by atoms with Gasteiger partial charge in [-0.15, -0.1) is 0 Å². The van der Waals surface area contributed by atoms with E-state index in [0.29, 0.717) is 0 Å². The Morgan fingerprint density at radius 3 is 2.16 bits per heavy atom. The fraction of sp³-hybridized carbons (Fsp3) is 0.600. The smallest absolute Gasteiger partial charge is 0.125 e. The zero-order valence-electron chi connectivity index (χ0n) is 12.3. The van der Waals surface area contributed by atoms with Crippen LogP contribution in [0.3, 0.4) is 0 Å². The van der Waals surface area contributed by atoms with E-state index in [9.17, 15) is 0 Å². The van der Waals surface area contributed by atoms with E-state index in [0.717, 1.165) is 39.3 Å². The van der Waals surface area contributed by atoms with Crippen molar-refractivity contribution < 1.29 is 15.7 Å². The first kappa shape index (κ1) is 16.0. The lowest BCUT2D eigenvalue weighted by Gasteiger charge is -2.20. The Morgan fingerprint density at radius 1 is 0.947 bits per heavy atom. The highest BCUT2D eigenvalue weighted by atomic mass is 16.3. The molecule has 0 radical (unpaired) electrons. The van der Waals surface area contributed by atoms with E-state index in [4.69, 9.17) is 5.11 Å². The maximum atomic E-state index is 8.67. The van der Waals surface area contributed by atoms with Gasteiger partial charge in [-0.25, -0.2) is 0 Å². The highest BCUT2D eigenvalue weighted by molar-refractivity contribution is 5.47. The maximum Gasteiger partial charge on any atom is 0.125 e. The van der Waals surface area contributed by atoms with Crippen LogP contribution in [0.4, 0.5) is 5.69 Å². The van der Waals surface area contributed by atoms with Crippen LogP contribution in [0.1, 0.15) is 19.4 Å². The Labute approximate surface area is 116 Å². The lowest BCUT2D eigenvalue weighted by Crippen LogP contribution is -2.94. The summed E-state index contributed by atoms with van der Waals surface area (Å²) in [5, 5.41) is 13.1. The third kappa shape index (κ3) is 6.05. The molecule has 0 aliphatic carbocycles. The van der Waals surface area contributed by atoms with E-state index in [1.165, 1.54) is 11.3 Å². The molecule has 0 atom stereocenters. The molecular formula is C15H29N3O+2. The summed E-state index contributed by atoms with van der Waals surface area (Å²) in [6.07, 6.45) is 0. The Kier molecular flexibility index (Phi) is 8.21. The molecule has 4 heteroatoms. The lowest BCUT2D eigenvalue weighted by atomic mass is 10.2. The molecule has 1 rings (SSSR count). The molecule has 5 N–H and O–H groups in total. The quantitative estimate of drug-likeness (QED) is 0.484. The summed E-state index contributed by atoms with van der Waals surface area (Å²) in [7, 11) is 0.